The number of benzene rings is 3. The van der Waals surface area contributed by atoms with Crippen LogP contribution in [0.4, 0.5) is 0 Å². The van der Waals surface area contributed by atoms with E-state index in [9.17, 15) is 5.11 Å². The van der Waals surface area contributed by atoms with Gasteiger partial charge < -0.3 is 15.2 Å². The zero-order valence-electron chi connectivity index (χ0n) is 15.0. The van der Waals surface area contributed by atoms with Crippen LogP contribution < -0.4 is 10.1 Å². The zero-order valence-corrected chi connectivity index (χ0v) is 15.0. The monoisotopic (exact) mass is 348 g/mol. The molecule has 3 heteroatoms. The molecule has 3 aromatic carbocycles. The van der Waals surface area contributed by atoms with Gasteiger partial charge in [-0.3, -0.25) is 0 Å². The third-order valence-electron chi connectivity index (χ3n) is 5.27. The quantitative estimate of drug-likeness (QED) is 0.718. The number of aliphatic hydroxyl groups is 1. The number of fused-ring (bicyclic) bond motifs is 2. The molecule has 0 saturated carbocycles. The molecule has 2 atom stereocenters. The molecule has 0 saturated heterocycles. The minimum absolute atomic E-state index is 0.323. The zero-order chi connectivity index (χ0) is 17.8. The molecule has 0 amide bonds. The van der Waals surface area contributed by atoms with Gasteiger partial charge in [0.25, 0.3) is 0 Å². The molecule has 26 heavy (non-hydrogen) atoms. The third-order valence-corrected chi connectivity index (χ3v) is 5.27. The fourth-order valence-corrected chi connectivity index (χ4v) is 3.88. The van der Waals surface area contributed by atoms with Gasteiger partial charge >= 0.3 is 0 Å². The van der Waals surface area contributed by atoms with E-state index < -0.39 is 6.10 Å². The van der Waals surface area contributed by atoms with Gasteiger partial charge in [0.05, 0.1) is 0 Å². The molecule has 0 bridgehead atoms. The van der Waals surface area contributed by atoms with E-state index >= 15 is 0 Å². The second-order valence-electron chi connectivity index (χ2n) is 7.14. The van der Waals surface area contributed by atoms with Crippen LogP contribution >= 0.6 is 0 Å². The van der Waals surface area contributed by atoms with Gasteiger partial charge in [-0.1, -0.05) is 54.6 Å². The van der Waals surface area contributed by atoms with E-state index in [-0.39, 0.29) is 0 Å². The molecule has 0 aromatic heterocycles. The molecule has 3 nitrogen and oxygen atoms in total. The van der Waals surface area contributed by atoms with Crippen LogP contribution in [0.1, 0.15) is 30.0 Å². The summed E-state index contributed by atoms with van der Waals surface area (Å²) in [5, 5.41) is 15.0. The van der Waals surface area contributed by atoms with Crippen LogP contribution in [0.5, 0.6) is 5.75 Å². The predicted molar refractivity (Wildman–Crippen MR) is 104 cm³/mol. The lowest BCUT2D eigenvalue weighted by Gasteiger charge is -2.24. The summed E-state index contributed by atoms with van der Waals surface area (Å²) in [4.78, 5) is 0. The Morgan fingerprint density at radius 3 is 2.73 bits per heavy atom. The second kappa shape index (κ2) is 7.90. The maximum absolute atomic E-state index is 10.3. The highest BCUT2D eigenvalue weighted by molar-refractivity contribution is 5.83. The molecule has 4 rings (SSSR count). The second-order valence-corrected chi connectivity index (χ2v) is 7.14. The van der Waals surface area contributed by atoms with E-state index in [2.05, 4.69) is 47.8 Å². The largest absolute Gasteiger partial charge is 0.491 e. The summed E-state index contributed by atoms with van der Waals surface area (Å²) in [5.74, 6) is 0.811. The summed E-state index contributed by atoms with van der Waals surface area (Å²) in [6.07, 6.45) is 3.10. The predicted octanol–water partition coefficient (Wildman–Crippen LogP) is 3.22. The van der Waals surface area contributed by atoms with Crippen molar-refractivity contribution in [2.24, 2.45) is 0 Å². The average Bonchev–Trinajstić information content (AvgIpc) is 2.70. The Hall–Kier alpha value is -2.36. The molecule has 3 N–H and O–H groups in total. The number of hydrogen-bond acceptors (Lipinski definition) is 2. The van der Waals surface area contributed by atoms with Crippen LogP contribution in [-0.4, -0.2) is 24.4 Å². The van der Waals surface area contributed by atoms with Crippen molar-refractivity contribution < 1.29 is 15.2 Å². The number of nitrogens with two attached hydrogens (primary N) is 1. The Morgan fingerprint density at radius 2 is 1.81 bits per heavy atom. The maximum Gasteiger partial charge on any atom is 0.137 e. The minimum Gasteiger partial charge on any atom is -0.491 e. The molecule has 0 spiro atoms. The van der Waals surface area contributed by atoms with Gasteiger partial charge in [0.1, 0.15) is 31.0 Å². The number of quaternary nitrogens is 1. The summed E-state index contributed by atoms with van der Waals surface area (Å²) >= 11 is 0. The lowest BCUT2D eigenvalue weighted by atomic mass is 9.88. The first kappa shape index (κ1) is 17.1. The average molecular weight is 348 g/mol. The normalized spacial score (nSPS) is 17.7. The van der Waals surface area contributed by atoms with Crippen LogP contribution in [0.2, 0.25) is 0 Å². The van der Waals surface area contributed by atoms with Gasteiger partial charge in [0.15, 0.2) is 0 Å². The van der Waals surface area contributed by atoms with Crippen molar-refractivity contribution in [2.45, 2.75) is 31.4 Å². The molecule has 3 aromatic rings. The topological polar surface area (TPSA) is 46.1 Å². The van der Waals surface area contributed by atoms with Crippen molar-refractivity contribution >= 4 is 10.8 Å². The molecule has 0 heterocycles. The number of hydrogen-bond donors (Lipinski definition) is 2. The molecule has 134 valence electrons. The van der Waals surface area contributed by atoms with Crippen molar-refractivity contribution in [1.29, 1.82) is 0 Å². The molecule has 0 radical (unpaired) electrons. The number of rotatable bonds is 6. The molecule has 1 aliphatic carbocycles. The van der Waals surface area contributed by atoms with Crippen LogP contribution in [0.25, 0.3) is 10.8 Å². The van der Waals surface area contributed by atoms with E-state index in [1.165, 1.54) is 35.8 Å². The van der Waals surface area contributed by atoms with Crippen LogP contribution in [-0.2, 0) is 6.42 Å². The summed E-state index contributed by atoms with van der Waals surface area (Å²) in [5.41, 5.74) is 2.89. The summed E-state index contributed by atoms with van der Waals surface area (Å²) in [6.45, 7) is 0.982. The van der Waals surface area contributed by atoms with Crippen LogP contribution in [0.15, 0.2) is 66.7 Å². The molecule has 0 fully saturated rings. The lowest BCUT2D eigenvalue weighted by Crippen LogP contribution is -2.87. The smallest absolute Gasteiger partial charge is 0.137 e. The number of aryl methyl sites for hydroxylation is 1. The fourth-order valence-electron chi connectivity index (χ4n) is 3.88. The van der Waals surface area contributed by atoms with Crippen LogP contribution in [0.3, 0.4) is 0 Å². The molecular formula is C23H26NO2+. The van der Waals surface area contributed by atoms with Crippen molar-refractivity contribution in [3.05, 3.63) is 77.9 Å². The van der Waals surface area contributed by atoms with Crippen molar-refractivity contribution in [3.8, 4) is 5.75 Å². The van der Waals surface area contributed by atoms with Gasteiger partial charge in [-0.05, 0) is 41.3 Å². The van der Waals surface area contributed by atoms with E-state index in [1.807, 2.05) is 24.3 Å². The third kappa shape index (κ3) is 3.90. The Labute approximate surface area is 154 Å². The van der Waals surface area contributed by atoms with E-state index in [4.69, 9.17) is 4.74 Å². The minimum atomic E-state index is -0.476. The Morgan fingerprint density at radius 1 is 1.00 bits per heavy atom. The van der Waals surface area contributed by atoms with Gasteiger partial charge in [0, 0.05) is 12.0 Å². The SMILES string of the molecule is O[C@@H](C[NH2+][C@@H]1CCCc2ccccc21)COc1ccc2ccccc2c1. The summed E-state index contributed by atoms with van der Waals surface area (Å²) in [7, 11) is 0. The molecule has 1 aliphatic rings. The van der Waals surface area contributed by atoms with Crippen molar-refractivity contribution in [1.82, 2.24) is 0 Å². The van der Waals surface area contributed by atoms with Gasteiger partial charge in [-0.25, -0.2) is 0 Å². The Bertz CT molecular complexity index is 877. The fraction of sp³-hybridized carbons (Fsp3) is 0.304. The van der Waals surface area contributed by atoms with Crippen molar-refractivity contribution in [2.75, 3.05) is 13.2 Å². The number of aliphatic hydroxyl groups excluding tert-OH is 1. The molecule has 0 unspecified atom stereocenters. The summed E-state index contributed by atoms with van der Waals surface area (Å²) < 4.78 is 5.82. The van der Waals surface area contributed by atoms with Gasteiger partial charge in [-0.15, -0.1) is 0 Å². The summed E-state index contributed by atoms with van der Waals surface area (Å²) in [6, 6.07) is 23.4. The van der Waals surface area contributed by atoms with E-state index in [0.29, 0.717) is 19.2 Å². The van der Waals surface area contributed by atoms with Crippen molar-refractivity contribution in [3.63, 3.8) is 0 Å². The number of ether oxygens (including phenoxy) is 1. The molecular weight excluding hydrogens is 322 g/mol. The van der Waals surface area contributed by atoms with Crippen LogP contribution in [0, 0.1) is 0 Å². The highest BCUT2D eigenvalue weighted by atomic mass is 16.5. The highest BCUT2D eigenvalue weighted by Gasteiger charge is 2.23. The van der Waals surface area contributed by atoms with Gasteiger partial charge in [0.2, 0.25) is 0 Å². The Kier molecular flexibility index (Phi) is 5.19. The standard InChI is InChI=1S/C23H25NO2/c25-20(15-24-23-11-5-9-18-7-3-4-10-22(18)23)16-26-21-13-12-17-6-1-2-8-19(17)14-21/h1-4,6-8,10,12-14,20,23-25H,5,9,11,15-16H2/p+1/t20-,23+/m0/s1. The Balaban J connectivity index is 1.31. The first-order valence-electron chi connectivity index (χ1n) is 9.50. The van der Waals surface area contributed by atoms with E-state index in [0.717, 1.165) is 11.1 Å². The first-order valence-corrected chi connectivity index (χ1v) is 9.50. The maximum atomic E-state index is 10.3. The highest BCUT2D eigenvalue weighted by Crippen LogP contribution is 2.26. The lowest BCUT2D eigenvalue weighted by molar-refractivity contribution is -0.702. The van der Waals surface area contributed by atoms with E-state index in [1.54, 1.807) is 0 Å². The molecule has 0 aliphatic heterocycles. The van der Waals surface area contributed by atoms with Gasteiger partial charge in [-0.2, -0.15) is 0 Å². The first-order chi connectivity index (χ1) is 12.8.